The Balaban J connectivity index is 0.00000364. The molecule has 7 nitrogen and oxygen atoms in total. The highest BCUT2D eigenvalue weighted by Crippen LogP contribution is 2.32. The Morgan fingerprint density at radius 2 is 1.89 bits per heavy atom. The summed E-state index contributed by atoms with van der Waals surface area (Å²) in [6, 6.07) is 4.50. The van der Waals surface area contributed by atoms with Gasteiger partial charge in [0.25, 0.3) is 0 Å². The monoisotopic (exact) mass is 420 g/mol. The summed E-state index contributed by atoms with van der Waals surface area (Å²) in [4.78, 5) is 12.4. The number of fused-ring (bicyclic) bond motifs is 1. The average Bonchev–Trinajstić information content (AvgIpc) is 2.59. The Kier molecular flexibility index (Phi) is 8.38. The van der Waals surface area contributed by atoms with E-state index in [0.717, 1.165) is 6.42 Å². The van der Waals surface area contributed by atoms with Crippen LogP contribution in [0.5, 0.6) is 11.5 Å². The fourth-order valence-electron chi connectivity index (χ4n) is 3.05. The second kappa shape index (κ2) is 9.61. The molecule has 0 spiro atoms. The quantitative estimate of drug-likeness (QED) is 0.665. The number of benzene rings is 1. The van der Waals surface area contributed by atoms with E-state index in [1.165, 1.54) is 12.1 Å². The molecule has 9 heteroatoms. The molecule has 27 heavy (non-hydrogen) atoms. The van der Waals surface area contributed by atoms with Crippen LogP contribution in [-0.4, -0.2) is 45.4 Å². The lowest BCUT2D eigenvalue weighted by Gasteiger charge is -2.31. The second-order valence-corrected chi connectivity index (χ2v) is 9.39. The fraction of sp³-hybridized carbons (Fsp3) is 0.611. The molecule has 1 unspecified atom stereocenters. The molecule has 1 atom stereocenters. The minimum atomic E-state index is -3.60. The Hall–Kier alpha value is -1.51. The van der Waals surface area contributed by atoms with Crippen molar-refractivity contribution in [1.29, 1.82) is 0 Å². The molecule has 1 aliphatic rings. The van der Waals surface area contributed by atoms with Gasteiger partial charge in [-0.2, -0.15) is 0 Å². The maximum absolute atomic E-state index is 12.5. The SMILES string of the molecule is CC(C)CC(C)(CN)NC(=O)CCS(=O)(=O)c1ccc2c(c1)OCCO2.Cl. The van der Waals surface area contributed by atoms with Crippen molar-refractivity contribution in [2.75, 3.05) is 25.5 Å². The van der Waals surface area contributed by atoms with Gasteiger partial charge in [0, 0.05) is 24.6 Å². The van der Waals surface area contributed by atoms with E-state index < -0.39 is 15.4 Å². The number of halogens is 1. The van der Waals surface area contributed by atoms with Gasteiger partial charge in [0.2, 0.25) is 5.91 Å². The van der Waals surface area contributed by atoms with Crippen LogP contribution in [0.15, 0.2) is 23.1 Å². The van der Waals surface area contributed by atoms with Crippen molar-refractivity contribution in [1.82, 2.24) is 5.32 Å². The molecule has 2 rings (SSSR count). The number of amides is 1. The maximum atomic E-state index is 12.5. The van der Waals surface area contributed by atoms with Crippen molar-refractivity contribution in [3.63, 3.8) is 0 Å². The van der Waals surface area contributed by atoms with Crippen LogP contribution in [0.3, 0.4) is 0 Å². The maximum Gasteiger partial charge on any atom is 0.221 e. The molecule has 1 aromatic carbocycles. The van der Waals surface area contributed by atoms with Gasteiger partial charge < -0.3 is 20.5 Å². The molecular formula is C18H29ClN2O5S. The van der Waals surface area contributed by atoms with E-state index in [-0.39, 0.29) is 35.4 Å². The lowest BCUT2D eigenvalue weighted by molar-refractivity contribution is -0.122. The fourth-order valence-corrected chi connectivity index (χ4v) is 4.30. The molecule has 3 N–H and O–H groups in total. The number of hydrogen-bond acceptors (Lipinski definition) is 6. The number of hydrogen-bond donors (Lipinski definition) is 2. The van der Waals surface area contributed by atoms with Crippen molar-refractivity contribution in [2.45, 2.75) is 44.0 Å². The van der Waals surface area contributed by atoms with Crippen molar-refractivity contribution < 1.29 is 22.7 Å². The van der Waals surface area contributed by atoms with E-state index in [9.17, 15) is 13.2 Å². The van der Waals surface area contributed by atoms with E-state index in [1.807, 2.05) is 20.8 Å². The smallest absolute Gasteiger partial charge is 0.221 e. The standard InChI is InChI=1S/C18H28N2O5S.ClH/c1-13(2)11-18(3,12-19)20-17(21)6-9-26(22,23)14-4-5-15-16(10-14)25-8-7-24-15;/h4-5,10,13H,6-9,11-12,19H2,1-3H3,(H,20,21);1H. The topological polar surface area (TPSA) is 108 Å². The number of rotatable bonds is 8. The number of nitrogens with two attached hydrogens (primary N) is 1. The van der Waals surface area contributed by atoms with E-state index in [1.54, 1.807) is 6.07 Å². The number of ether oxygens (including phenoxy) is 2. The van der Waals surface area contributed by atoms with Gasteiger partial charge in [-0.15, -0.1) is 12.4 Å². The molecular weight excluding hydrogens is 392 g/mol. The van der Waals surface area contributed by atoms with Gasteiger partial charge in [-0.1, -0.05) is 13.8 Å². The third kappa shape index (κ3) is 6.55. The molecule has 0 aromatic heterocycles. The molecule has 0 saturated carbocycles. The number of nitrogens with one attached hydrogen (secondary N) is 1. The first kappa shape index (κ1) is 23.5. The number of carbonyl (C=O) groups excluding carboxylic acids is 1. The highest BCUT2D eigenvalue weighted by molar-refractivity contribution is 7.91. The van der Waals surface area contributed by atoms with Crippen molar-refractivity contribution >= 4 is 28.2 Å². The molecule has 0 saturated heterocycles. The minimum absolute atomic E-state index is 0. The van der Waals surface area contributed by atoms with Gasteiger partial charge in [-0.25, -0.2) is 8.42 Å². The summed E-state index contributed by atoms with van der Waals surface area (Å²) in [5.41, 5.74) is 5.25. The van der Waals surface area contributed by atoms with Gasteiger partial charge in [0.15, 0.2) is 21.3 Å². The Morgan fingerprint density at radius 3 is 2.48 bits per heavy atom. The number of carbonyl (C=O) groups is 1. The normalized spacial score (nSPS) is 15.6. The van der Waals surface area contributed by atoms with E-state index in [2.05, 4.69) is 5.32 Å². The van der Waals surface area contributed by atoms with Crippen molar-refractivity contribution in [2.24, 2.45) is 11.7 Å². The molecule has 154 valence electrons. The highest BCUT2D eigenvalue weighted by atomic mass is 35.5. The summed E-state index contributed by atoms with van der Waals surface area (Å²) in [5, 5.41) is 2.88. The van der Waals surface area contributed by atoms with Gasteiger partial charge in [-0.3, -0.25) is 4.79 Å². The zero-order valence-electron chi connectivity index (χ0n) is 16.0. The third-order valence-corrected chi connectivity index (χ3v) is 5.93. The Bertz CT molecular complexity index is 754. The van der Waals surface area contributed by atoms with Crippen LogP contribution in [0.4, 0.5) is 0 Å². The Labute approximate surface area is 167 Å². The minimum Gasteiger partial charge on any atom is -0.486 e. The zero-order valence-corrected chi connectivity index (χ0v) is 17.6. The van der Waals surface area contributed by atoms with E-state index >= 15 is 0 Å². The summed E-state index contributed by atoms with van der Waals surface area (Å²) in [6.07, 6.45) is 0.606. The van der Waals surface area contributed by atoms with Crippen molar-refractivity contribution in [3.8, 4) is 11.5 Å². The lowest BCUT2D eigenvalue weighted by Crippen LogP contribution is -2.52. The summed E-state index contributed by atoms with van der Waals surface area (Å²) in [7, 11) is -3.60. The summed E-state index contributed by atoms with van der Waals surface area (Å²) in [5.74, 6) is 0.709. The first-order valence-corrected chi connectivity index (χ1v) is 10.4. The van der Waals surface area contributed by atoms with E-state index in [0.29, 0.717) is 37.2 Å². The van der Waals surface area contributed by atoms with Crippen LogP contribution >= 0.6 is 12.4 Å². The lowest BCUT2D eigenvalue weighted by atomic mass is 9.90. The van der Waals surface area contributed by atoms with Gasteiger partial charge in [0.1, 0.15) is 13.2 Å². The van der Waals surface area contributed by atoms with Crippen LogP contribution in [0.2, 0.25) is 0 Å². The van der Waals surface area contributed by atoms with Crippen LogP contribution < -0.4 is 20.5 Å². The summed E-state index contributed by atoms with van der Waals surface area (Å²) < 4.78 is 35.9. The molecule has 1 amide bonds. The van der Waals surface area contributed by atoms with Gasteiger partial charge >= 0.3 is 0 Å². The predicted octanol–water partition coefficient (Wildman–Crippen LogP) is 1.92. The molecule has 0 radical (unpaired) electrons. The third-order valence-electron chi connectivity index (χ3n) is 4.22. The average molecular weight is 421 g/mol. The largest absolute Gasteiger partial charge is 0.486 e. The first-order chi connectivity index (χ1) is 12.1. The van der Waals surface area contributed by atoms with Gasteiger partial charge in [0.05, 0.1) is 10.6 Å². The van der Waals surface area contributed by atoms with Crippen LogP contribution in [-0.2, 0) is 14.6 Å². The number of sulfone groups is 1. The van der Waals surface area contributed by atoms with Crippen LogP contribution in [0.25, 0.3) is 0 Å². The molecule has 0 fully saturated rings. The molecule has 1 heterocycles. The van der Waals surface area contributed by atoms with Gasteiger partial charge in [-0.05, 0) is 31.4 Å². The highest BCUT2D eigenvalue weighted by Gasteiger charge is 2.27. The predicted molar refractivity (Wildman–Crippen MR) is 106 cm³/mol. The first-order valence-electron chi connectivity index (χ1n) is 8.79. The molecule has 1 aromatic rings. The second-order valence-electron chi connectivity index (χ2n) is 7.29. The summed E-state index contributed by atoms with van der Waals surface area (Å²) in [6.45, 7) is 7.09. The molecule has 0 aliphatic carbocycles. The Morgan fingerprint density at radius 1 is 1.26 bits per heavy atom. The van der Waals surface area contributed by atoms with Crippen LogP contribution in [0, 0.1) is 5.92 Å². The van der Waals surface area contributed by atoms with Crippen LogP contribution in [0.1, 0.15) is 33.6 Å². The van der Waals surface area contributed by atoms with E-state index in [4.69, 9.17) is 15.2 Å². The van der Waals surface area contributed by atoms with Crippen molar-refractivity contribution in [3.05, 3.63) is 18.2 Å². The molecule has 1 aliphatic heterocycles. The summed E-state index contributed by atoms with van der Waals surface area (Å²) >= 11 is 0. The molecule has 0 bridgehead atoms. The zero-order chi connectivity index (χ0) is 19.4.